The third-order valence-electron chi connectivity index (χ3n) is 3.98. The van der Waals surface area contributed by atoms with Gasteiger partial charge >= 0.3 is 0 Å². The van der Waals surface area contributed by atoms with E-state index in [0.717, 1.165) is 31.3 Å². The van der Waals surface area contributed by atoms with Gasteiger partial charge in [-0.05, 0) is 36.3 Å². The molecular formula is C17H30O2. The Morgan fingerprint density at radius 2 is 1.89 bits per heavy atom. The van der Waals surface area contributed by atoms with Crippen molar-refractivity contribution in [2.45, 2.75) is 84.7 Å². The van der Waals surface area contributed by atoms with Gasteiger partial charge in [-0.1, -0.05) is 52.9 Å². The first-order valence-electron chi connectivity index (χ1n) is 7.86. The highest BCUT2D eigenvalue weighted by Gasteiger charge is 2.33. The molecule has 0 heterocycles. The van der Waals surface area contributed by atoms with Crippen molar-refractivity contribution in [1.82, 2.24) is 0 Å². The number of carbonyl (C=O) groups excluding carboxylic acids is 1. The van der Waals surface area contributed by atoms with Gasteiger partial charge in [0.1, 0.15) is 0 Å². The SMILES string of the molecule is CCCCCCCCC(=O)/C=C1/CC(C)(C)CC1O. The summed E-state index contributed by atoms with van der Waals surface area (Å²) in [7, 11) is 0. The molecule has 110 valence electrons. The van der Waals surface area contributed by atoms with Crippen LogP contribution >= 0.6 is 0 Å². The number of allylic oxidation sites excluding steroid dienone is 1. The zero-order valence-electron chi connectivity index (χ0n) is 12.9. The molecule has 0 bridgehead atoms. The van der Waals surface area contributed by atoms with Crippen LogP contribution in [0.5, 0.6) is 0 Å². The first kappa shape index (κ1) is 16.4. The fraction of sp³-hybridized carbons (Fsp3) is 0.824. The minimum Gasteiger partial charge on any atom is -0.389 e. The van der Waals surface area contributed by atoms with Crippen molar-refractivity contribution < 1.29 is 9.90 Å². The van der Waals surface area contributed by atoms with Crippen LogP contribution in [0.3, 0.4) is 0 Å². The zero-order valence-corrected chi connectivity index (χ0v) is 12.9. The predicted molar refractivity (Wildman–Crippen MR) is 80.1 cm³/mol. The van der Waals surface area contributed by atoms with Crippen molar-refractivity contribution in [3.05, 3.63) is 11.6 Å². The van der Waals surface area contributed by atoms with Crippen LogP contribution in [0, 0.1) is 5.41 Å². The third kappa shape index (κ3) is 6.38. The summed E-state index contributed by atoms with van der Waals surface area (Å²) in [4.78, 5) is 11.9. The molecule has 0 spiro atoms. The molecule has 2 nitrogen and oxygen atoms in total. The van der Waals surface area contributed by atoms with Crippen LogP contribution in [0.2, 0.25) is 0 Å². The van der Waals surface area contributed by atoms with Crippen molar-refractivity contribution in [3.8, 4) is 0 Å². The van der Waals surface area contributed by atoms with Crippen molar-refractivity contribution in [2.75, 3.05) is 0 Å². The van der Waals surface area contributed by atoms with E-state index in [1.165, 1.54) is 25.7 Å². The number of carbonyl (C=O) groups is 1. The maximum absolute atomic E-state index is 11.9. The van der Waals surface area contributed by atoms with Crippen LogP contribution in [-0.4, -0.2) is 17.0 Å². The van der Waals surface area contributed by atoms with Gasteiger partial charge in [-0.15, -0.1) is 0 Å². The van der Waals surface area contributed by atoms with Gasteiger partial charge in [0, 0.05) is 6.42 Å². The summed E-state index contributed by atoms with van der Waals surface area (Å²) >= 11 is 0. The number of aliphatic hydroxyl groups is 1. The summed E-state index contributed by atoms with van der Waals surface area (Å²) < 4.78 is 0. The van der Waals surface area contributed by atoms with Crippen molar-refractivity contribution >= 4 is 5.78 Å². The highest BCUT2D eigenvalue weighted by molar-refractivity contribution is 5.90. The normalized spacial score (nSPS) is 24.0. The lowest BCUT2D eigenvalue weighted by Crippen LogP contribution is -2.07. The molecule has 1 fully saturated rings. The highest BCUT2D eigenvalue weighted by atomic mass is 16.3. The molecule has 19 heavy (non-hydrogen) atoms. The van der Waals surface area contributed by atoms with Gasteiger partial charge in [0.15, 0.2) is 5.78 Å². The topological polar surface area (TPSA) is 37.3 Å². The monoisotopic (exact) mass is 266 g/mol. The summed E-state index contributed by atoms with van der Waals surface area (Å²) in [6.45, 7) is 6.51. The summed E-state index contributed by atoms with van der Waals surface area (Å²) in [5.41, 5.74) is 1.09. The number of unbranched alkanes of at least 4 members (excludes halogenated alkanes) is 5. The van der Waals surface area contributed by atoms with E-state index < -0.39 is 6.10 Å². The molecule has 0 aliphatic heterocycles. The van der Waals surface area contributed by atoms with Crippen molar-refractivity contribution in [3.63, 3.8) is 0 Å². The Morgan fingerprint density at radius 1 is 1.26 bits per heavy atom. The maximum atomic E-state index is 11.9. The van der Waals surface area contributed by atoms with Gasteiger partial charge in [0.2, 0.25) is 0 Å². The van der Waals surface area contributed by atoms with Crippen molar-refractivity contribution in [1.29, 1.82) is 0 Å². The van der Waals surface area contributed by atoms with Crippen LogP contribution in [0.1, 0.15) is 78.6 Å². The molecule has 0 aromatic carbocycles. The van der Waals surface area contributed by atoms with E-state index in [9.17, 15) is 9.90 Å². The van der Waals surface area contributed by atoms with Gasteiger partial charge < -0.3 is 5.11 Å². The van der Waals surface area contributed by atoms with E-state index in [2.05, 4.69) is 20.8 Å². The van der Waals surface area contributed by atoms with Crippen LogP contribution in [0.25, 0.3) is 0 Å². The Kier molecular flexibility index (Phi) is 6.78. The number of rotatable bonds is 8. The molecule has 1 unspecified atom stereocenters. The summed E-state index contributed by atoms with van der Waals surface area (Å²) in [5, 5.41) is 9.92. The third-order valence-corrected chi connectivity index (χ3v) is 3.98. The second-order valence-electron chi connectivity index (χ2n) is 6.76. The maximum Gasteiger partial charge on any atom is 0.155 e. The fourth-order valence-corrected chi connectivity index (χ4v) is 2.90. The standard InChI is InChI=1S/C17H30O2/c1-4-5-6-7-8-9-10-15(18)11-14-12-17(2,3)13-16(14)19/h11,16,19H,4-10,12-13H2,1-3H3/b14-11-. The minimum atomic E-state index is -0.400. The van der Waals surface area contributed by atoms with Gasteiger partial charge in [0.05, 0.1) is 6.10 Å². The second kappa shape index (κ2) is 7.84. The molecule has 1 rings (SSSR count). The summed E-state index contributed by atoms with van der Waals surface area (Å²) in [5.74, 6) is 0.197. The van der Waals surface area contributed by atoms with Crippen LogP contribution < -0.4 is 0 Å². The van der Waals surface area contributed by atoms with E-state index >= 15 is 0 Å². The zero-order chi connectivity index (χ0) is 14.3. The molecule has 0 saturated heterocycles. The van der Waals surface area contributed by atoms with Crippen LogP contribution in [0.4, 0.5) is 0 Å². The molecule has 1 aliphatic carbocycles. The van der Waals surface area contributed by atoms with Gasteiger partial charge in [-0.2, -0.15) is 0 Å². The summed E-state index contributed by atoms with van der Waals surface area (Å²) in [6.07, 6.45) is 10.8. The molecule has 0 aromatic rings. The molecule has 2 heteroatoms. The molecular weight excluding hydrogens is 236 g/mol. The quantitative estimate of drug-likeness (QED) is 0.522. The van der Waals surface area contributed by atoms with Crippen LogP contribution in [0.15, 0.2) is 11.6 Å². The van der Waals surface area contributed by atoms with E-state index in [1.807, 2.05) is 0 Å². The molecule has 1 N–H and O–H groups in total. The number of hydrogen-bond acceptors (Lipinski definition) is 2. The molecule has 1 aliphatic rings. The van der Waals surface area contributed by atoms with E-state index in [1.54, 1.807) is 6.08 Å². The number of ketones is 1. The Labute approximate surface area is 118 Å². The van der Waals surface area contributed by atoms with E-state index in [0.29, 0.717) is 6.42 Å². The molecule has 0 aromatic heterocycles. The van der Waals surface area contributed by atoms with Crippen molar-refractivity contribution in [2.24, 2.45) is 5.41 Å². The lowest BCUT2D eigenvalue weighted by Gasteiger charge is -2.14. The summed E-state index contributed by atoms with van der Waals surface area (Å²) in [6, 6.07) is 0. The Hall–Kier alpha value is -0.630. The first-order chi connectivity index (χ1) is 8.94. The molecule has 1 atom stereocenters. The van der Waals surface area contributed by atoms with Gasteiger partial charge in [-0.25, -0.2) is 0 Å². The van der Waals surface area contributed by atoms with Gasteiger partial charge in [-0.3, -0.25) is 4.79 Å². The minimum absolute atomic E-state index is 0.145. The second-order valence-corrected chi connectivity index (χ2v) is 6.76. The molecule has 0 amide bonds. The number of hydrogen-bond donors (Lipinski definition) is 1. The smallest absolute Gasteiger partial charge is 0.155 e. The highest BCUT2D eigenvalue weighted by Crippen LogP contribution is 2.40. The van der Waals surface area contributed by atoms with Gasteiger partial charge in [0.25, 0.3) is 0 Å². The lowest BCUT2D eigenvalue weighted by molar-refractivity contribution is -0.114. The van der Waals surface area contributed by atoms with Crippen LogP contribution in [-0.2, 0) is 4.79 Å². The van der Waals surface area contributed by atoms with E-state index in [-0.39, 0.29) is 11.2 Å². The number of aliphatic hydroxyl groups excluding tert-OH is 1. The average molecular weight is 266 g/mol. The Morgan fingerprint density at radius 3 is 2.47 bits per heavy atom. The van der Waals surface area contributed by atoms with E-state index in [4.69, 9.17) is 0 Å². The fourth-order valence-electron chi connectivity index (χ4n) is 2.90. The predicted octanol–water partition coefficient (Wildman–Crippen LogP) is 4.41. The molecule has 1 saturated carbocycles. The Balaban J connectivity index is 2.24. The Bertz CT molecular complexity index is 315. The first-order valence-corrected chi connectivity index (χ1v) is 7.86. The lowest BCUT2D eigenvalue weighted by atomic mass is 9.91. The molecule has 0 radical (unpaired) electrons. The average Bonchev–Trinajstić information content (AvgIpc) is 2.56. The largest absolute Gasteiger partial charge is 0.389 e.